The second kappa shape index (κ2) is 6.58. The minimum Gasteiger partial charge on any atom is -0.378 e. The maximum atomic E-state index is 12.6. The summed E-state index contributed by atoms with van der Waals surface area (Å²) in [6, 6.07) is -0.192. The highest BCUT2D eigenvalue weighted by Gasteiger charge is 2.27. The summed E-state index contributed by atoms with van der Waals surface area (Å²) in [7, 11) is 0. The van der Waals surface area contributed by atoms with E-state index in [1.54, 1.807) is 6.33 Å². The van der Waals surface area contributed by atoms with Gasteiger partial charge in [-0.1, -0.05) is 0 Å². The van der Waals surface area contributed by atoms with Gasteiger partial charge in [0.2, 0.25) is 5.91 Å². The third-order valence-electron chi connectivity index (χ3n) is 4.51. The van der Waals surface area contributed by atoms with Gasteiger partial charge >= 0.3 is 0 Å². The van der Waals surface area contributed by atoms with Crippen LogP contribution in [0.3, 0.4) is 0 Å². The first kappa shape index (κ1) is 14.5. The predicted molar refractivity (Wildman–Crippen MR) is 79.2 cm³/mol. The second-order valence-corrected chi connectivity index (χ2v) is 5.88. The van der Waals surface area contributed by atoms with Crippen LogP contribution in [0.2, 0.25) is 0 Å². The highest BCUT2D eigenvalue weighted by Crippen LogP contribution is 2.26. The van der Waals surface area contributed by atoms with Gasteiger partial charge in [0.1, 0.15) is 6.04 Å². The zero-order valence-corrected chi connectivity index (χ0v) is 12.6. The monoisotopic (exact) mass is 292 g/mol. The number of carbonyl (C=O) groups is 1. The van der Waals surface area contributed by atoms with Crippen LogP contribution in [0.15, 0.2) is 12.5 Å². The Kier molecular flexibility index (Phi) is 4.55. The molecule has 0 bridgehead atoms. The molecule has 1 amide bonds. The fourth-order valence-electron chi connectivity index (χ4n) is 3.23. The number of morpholine rings is 1. The third-order valence-corrected chi connectivity index (χ3v) is 4.51. The molecule has 1 N–H and O–H groups in total. The van der Waals surface area contributed by atoms with Crippen molar-refractivity contribution >= 4 is 5.91 Å². The van der Waals surface area contributed by atoms with Crippen molar-refractivity contribution in [3.63, 3.8) is 0 Å². The number of hydrogen-bond acceptors (Lipinski definition) is 4. The van der Waals surface area contributed by atoms with Gasteiger partial charge in [0.15, 0.2) is 0 Å². The zero-order valence-electron chi connectivity index (χ0n) is 12.6. The largest absolute Gasteiger partial charge is 0.378 e. The van der Waals surface area contributed by atoms with Gasteiger partial charge in [0, 0.05) is 37.4 Å². The van der Waals surface area contributed by atoms with E-state index in [2.05, 4.69) is 14.9 Å². The molecule has 2 saturated heterocycles. The number of piperidine rings is 1. The Morgan fingerprint density at radius 1 is 1.48 bits per heavy atom. The number of amides is 1. The number of imidazole rings is 1. The number of hydrogen-bond donors (Lipinski definition) is 1. The fraction of sp³-hybridized carbons (Fsp3) is 0.733. The Labute approximate surface area is 125 Å². The summed E-state index contributed by atoms with van der Waals surface area (Å²) in [5.74, 6) is 0.627. The van der Waals surface area contributed by atoms with Crippen molar-refractivity contribution in [3.8, 4) is 0 Å². The van der Waals surface area contributed by atoms with Gasteiger partial charge in [-0.05, 0) is 26.3 Å². The van der Waals surface area contributed by atoms with Crippen LogP contribution >= 0.6 is 0 Å². The molecular weight excluding hydrogens is 268 g/mol. The number of nitrogens with one attached hydrogen (secondary N) is 1. The van der Waals surface area contributed by atoms with Gasteiger partial charge < -0.3 is 19.5 Å². The molecule has 6 heteroatoms. The summed E-state index contributed by atoms with van der Waals surface area (Å²) < 4.78 is 7.37. The predicted octanol–water partition coefficient (Wildman–Crippen LogP) is 0.770. The molecule has 0 radical (unpaired) electrons. The Balaban J connectivity index is 1.73. The van der Waals surface area contributed by atoms with E-state index < -0.39 is 0 Å². The van der Waals surface area contributed by atoms with Crippen molar-refractivity contribution in [1.82, 2.24) is 19.8 Å². The molecule has 116 valence electrons. The molecule has 6 nitrogen and oxygen atoms in total. The molecule has 0 spiro atoms. The number of nitrogens with zero attached hydrogens (tertiary/aromatic N) is 3. The highest BCUT2D eigenvalue weighted by molar-refractivity contribution is 5.80. The Bertz CT molecular complexity index is 476. The average molecular weight is 292 g/mol. The number of rotatable bonds is 3. The molecule has 0 saturated carbocycles. The standard InChI is InChI=1S/C15H24N4O2/c1-12(15(20)18-5-7-21-8-6-18)19-11-17-10-14(19)13-3-2-4-16-9-13/h10-13,16H,2-9H2,1H3. The molecule has 3 heterocycles. The Morgan fingerprint density at radius 3 is 3.00 bits per heavy atom. The lowest BCUT2D eigenvalue weighted by Crippen LogP contribution is -2.44. The van der Waals surface area contributed by atoms with Crippen molar-refractivity contribution in [1.29, 1.82) is 0 Å². The maximum absolute atomic E-state index is 12.6. The van der Waals surface area contributed by atoms with Gasteiger partial charge in [0.05, 0.1) is 19.5 Å². The second-order valence-electron chi connectivity index (χ2n) is 5.88. The summed E-state index contributed by atoms with van der Waals surface area (Å²) in [6.07, 6.45) is 6.06. The fourth-order valence-corrected chi connectivity index (χ4v) is 3.23. The summed E-state index contributed by atoms with van der Waals surface area (Å²) in [4.78, 5) is 18.8. The lowest BCUT2D eigenvalue weighted by atomic mass is 9.96. The van der Waals surface area contributed by atoms with Crippen molar-refractivity contribution in [2.45, 2.75) is 31.7 Å². The molecule has 0 aromatic carbocycles. The summed E-state index contributed by atoms with van der Waals surface area (Å²) in [5, 5.41) is 3.43. The Hall–Kier alpha value is -1.40. The van der Waals surface area contributed by atoms with Gasteiger partial charge in [-0.25, -0.2) is 4.98 Å². The minimum atomic E-state index is -0.192. The van der Waals surface area contributed by atoms with E-state index in [4.69, 9.17) is 4.74 Å². The summed E-state index contributed by atoms with van der Waals surface area (Å²) in [6.45, 7) is 6.70. The van der Waals surface area contributed by atoms with Gasteiger partial charge in [-0.15, -0.1) is 0 Å². The normalized spacial score (nSPS) is 24.8. The summed E-state index contributed by atoms with van der Waals surface area (Å²) >= 11 is 0. The van der Waals surface area contributed by atoms with Crippen molar-refractivity contribution in [2.75, 3.05) is 39.4 Å². The molecule has 2 fully saturated rings. The van der Waals surface area contributed by atoms with E-state index in [1.807, 2.05) is 18.0 Å². The van der Waals surface area contributed by atoms with Crippen LogP contribution in [-0.2, 0) is 9.53 Å². The smallest absolute Gasteiger partial charge is 0.245 e. The number of carbonyl (C=O) groups excluding carboxylic acids is 1. The molecule has 2 atom stereocenters. The van der Waals surface area contributed by atoms with Crippen LogP contribution in [0.4, 0.5) is 0 Å². The third kappa shape index (κ3) is 3.11. The SMILES string of the molecule is CC(C(=O)N1CCOCC1)n1cncc1C1CCCNC1. The van der Waals surface area contributed by atoms with Crippen molar-refractivity contribution in [2.24, 2.45) is 0 Å². The first-order chi connectivity index (χ1) is 10.3. The molecule has 21 heavy (non-hydrogen) atoms. The topological polar surface area (TPSA) is 59.4 Å². The van der Waals surface area contributed by atoms with Crippen LogP contribution in [0.25, 0.3) is 0 Å². The molecule has 1 aromatic heterocycles. The first-order valence-electron chi connectivity index (χ1n) is 7.86. The van der Waals surface area contributed by atoms with E-state index in [9.17, 15) is 4.79 Å². The van der Waals surface area contributed by atoms with E-state index in [-0.39, 0.29) is 11.9 Å². The quantitative estimate of drug-likeness (QED) is 0.894. The molecule has 2 unspecified atom stereocenters. The minimum absolute atomic E-state index is 0.168. The molecular formula is C15H24N4O2. The number of aromatic nitrogens is 2. The van der Waals surface area contributed by atoms with Crippen LogP contribution in [-0.4, -0.2) is 59.8 Å². The molecule has 2 aliphatic rings. The van der Waals surface area contributed by atoms with Gasteiger partial charge in [-0.3, -0.25) is 4.79 Å². The van der Waals surface area contributed by atoms with Crippen LogP contribution in [0.5, 0.6) is 0 Å². The van der Waals surface area contributed by atoms with Crippen molar-refractivity contribution in [3.05, 3.63) is 18.2 Å². The first-order valence-corrected chi connectivity index (χ1v) is 7.86. The van der Waals surface area contributed by atoms with Gasteiger partial charge in [-0.2, -0.15) is 0 Å². The maximum Gasteiger partial charge on any atom is 0.245 e. The zero-order chi connectivity index (χ0) is 14.7. The van der Waals surface area contributed by atoms with E-state index in [0.717, 1.165) is 19.5 Å². The van der Waals surface area contributed by atoms with Crippen molar-refractivity contribution < 1.29 is 9.53 Å². The molecule has 1 aromatic rings. The average Bonchev–Trinajstić information content (AvgIpc) is 3.04. The van der Waals surface area contributed by atoms with E-state index in [0.29, 0.717) is 32.2 Å². The van der Waals surface area contributed by atoms with Gasteiger partial charge in [0.25, 0.3) is 0 Å². The number of ether oxygens (including phenoxy) is 1. The lowest BCUT2D eigenvalue weighted by molar-refractivity contribution is -0.138. The molecule has 0 aliphatic carbocycles. The van der Waals surface area contributed by atoms with Crippen LogP contribution < -0.4 is 5.32 Å². The Morgan fingerprint density at radius 2 is 2.29 bits per heavy atom. The van der Waals surface area contributed by atoms with Crippen LogP contribution in [0, 0.1) is 0 Å². The highest BCUT2D eigenvalue weighted by atomic mass is 16.5. The van der Waals surface area contributed by atoms with E-state index >= 15 is 0 Å². The molecule has 2 aliphatic heterocycles. The van der Waals surface area contributed by atoms with Crippen LogP contribution in [0.1, 0.15) is 37.4 Å². The van der Waals surface area contributed by atoms with E-state index in [1.165, 1.54) is 12.1 Å². The lowest BCUT2D eigenvalue weighted by Gasteiger charge is -2.31. The summed E-state index contributed by atoms with van der Waals surface area (Å²) in [5.41, 5.74) is 1.18. The molecule has 3 rings (SSSR count).